The fourth-order valence-electron chi connectivity index (χ4n) is 4.76. The Bertz CT molecular complexity index is 1500. The van der Waals surface area contributed by atoms with E-state index in [1.807, 2.05) is 56.3 Å². The number of halogens is 1. The Balaban J connectivity index is 1.43. The van der Waals surface area contributed by atoms with E-state index in [-0.39, 0.29) is 4.90 Å². The summed E-state index contributed by atoms with van der Waals surface area (Å²) >= 11 is 6.07. The van der Waals surface area contributed by atoms with E-state index in [1.54, 1.807) is 22.6 Å². The molecule has 1 saturated heterocycles. The highest BCUT2D eigenvalue weighted by Crippen LogP contribution is 2.28. The minimum Gasteiger partial charge on any atom is -0.355 e. The van der Waals surface area contributed by atoms with E-state index >= 15 is 0 Å². The number of fused-ring (bicyclic) bond motifs is 1. The summed E-state index contributed by atoms with van der Waals surface area (Å²) in [6.07, 6.45) is 3.01. The van der Waals surface area contributed by atoms with E-state index in [4.69, 9.17) is 16.6 Å². The second kappa shape index (κ2) is 10.1. The largest absolute Gasteiger partial charge is 0.355 e. The molecule has 9 heteroatoms. The maximum atomic E-state index is 13.7. The van der Waals surface area contributed by atoms with E-state index < -0.39 is 10.0 Å². The number of benzene rings is 2. The molecular weight excluding hydrogens is 494 g/mol. The van der Waals surface area contributed by atoms with Crippen LogP contribution in [0.2, 0.25) is 5.02 Å². The van der Waals surface area contributed by atoms with Crippen LogP contribution in [0, 0.1) is 13.8 Å². The number of hydrogen-bond donors (Lipinski definition) is 0. The lowest BCUT2D eigenvalue weighted by atomic mass is 10.0. The Morgan fingerprint density at radius 2 is 1.69 bits per heavy atom. The molecular formula is C27H28ClN5O2S. The summed E-state index contributed by atoms with van der Waals surface area (Å²) in [6, 6.07) is 16.8. The second-order valence-electron chi connectivity index (χ2n) is 9.04. The van der Waals surface area contributed by atoms with Gasteiger partial charge >= 0.3 is 0 Å². The number of aromatic nitrogens is 3. The number of nitrogens with zero attached hydrogens (tertiary/aromatic N) is 5. The summed E-state index contributed by atoms with van der Waals surface area (Å²) in [5, 5.41) is 1.51. The molecule has 0 bridgehead atoms. The fraction of sp³-hybridized carbons (Fsp3) is 0.296. The van der Waals surface area contributed by atoms with Crippen LogP contribution in [-0.2, 0) is 16.4 Å². The summed E-state index contributed by atoms with van der Waals surface area (Å²) in [6.45, 7) is 5.96. The van der Waals surface area contributed by atoms with Crippen molar-refractivity contribution in [2.24, 2.45) is 0 Å². The number of aryl methyl sites for hydroxylation is 2. The molecule has 0 unspecified atom stereocenters. The van der Waals surface area contributed by atoms with Gasteiger partial charge in [-0.25, -0.2) is 18.4 Å². The van der Waals surface area contributed by atoms with Gasteiger partial charge in [-0.3, -0.25) is 4.98 Å². The molecule has 0 saturated carbocycles. The van der Waals surface area contributed by atoms with Crippen LogP contribution in [0.4, 0.5) is 5.82 Å². The molecule has 0 spiro atoms. The van der Waals surface area contributed by atoms with Gasteiger partial charge in [0.1, 0.15) is 16.5 Å². The third-order valence-corrected chi connectivity index (χ3v) is 8.75. The lowest BCUT2D eigenvalue weighted by Crippen LogP contribution is -2.36. The first-order valence-corrected chi connectivity index (χ1v) is 13.8. The van der Waals surface area contributed by atoms with E-state index in [0.29, 0.717) is 55.4 Å². The molecule has 2 aromatic heterocycles. The monoisotopic (exact) mass is 521 g/mol. The lowest BCUT2D eigenvalue weighted by molar-refractivity contribution is 0.433. The van der Waals surface area contributed by atoms with Crippen LogP contribution < -0.4 is 4.90 Å². The van der Waals surface area contributed by atoms with Crippen molar-refractivity contribution in [1.29, 1.82) is 0 Å². The highest BCUT2D eigenvalue weighted by molar-refractivity contribution is 7.89. The molecule has 1 fully saturated rings. The van der Waals surface area contributed by atoms with Crippen molar-refractivity contribution in [3.63, 3.8) is 0 Å². The molecule has 0 N–H and O–H groups in total. The van der Waals surface area contributed by atoms with Gasteiger partial charge < -0.3 is 4.90 Å². The molecule has 5 rings (SSSR count). The van der Waals surface area contributed by atoms with Gasteiger partial charge in [0.2, 0.25) is 10.0 Å². The maximum absolute atomic E-state index is 13.7. The van der Waals surface area contributed by atoms with E-state index in [0.717, 1.165) is 28.0 Å². The summed E-state index contributed by atoms with van der Waals surface area (Å²) in [4.78, 5) is 16.2. The van der Waals surface area contributed by atoms with E-state index in [1.165, 1.54) is 0 Å². The number of anilines is 1. The van der Waals surface area contributed by atoms with Crippen LogP contribution in [0.1, 0.15) is 29.1 Å². The maximum Gasteiger partial charge on any atom is 0.245 e. The van der Waals surface area contributed by atoms with Crippen LogP contribution in [-0.4, -0.2) is 53.9 Å². The van der Waals surface area contributed by atoms with Gasteiger partial charge in [0.15, 0.2) is 0 Å². The summed E-state index contributed by atoms with van der Waals surface area (Å²) in [7, 11) is -3.70. The van der Waals surface area contributed by atoms with Gasteiger partial charge in [0.05, 0.1) is 5.52 Å². The number of sulfonamides is 1. The minimum atomic E-state index is -3.70. The number of para-hydroxylation sites is 1. The summed E-state index contributed by atoms with van der Waals surface area (Å²) in [5.41, 5.74) is 3.62. The predicted octanol–water partition coefficient (Wildman–Crippen LogP) is 4.79. The standard InChI is InChI=1S/C27H28ClN5O2S/c1-19-24(18-21-9-11-23(28)12-10-21)27(31-20(2)30-19)32-14-5-15-33(17-16-32)36(34,35)25-8-3-6-22-7-4-13-29-26(22)25/h3-4,6-13H,5,14-18H2,1-2H3. The van der Waals surface area contributed by atoms with Crippen LogP contribution in [0.25, 0.3) is 10.9 Å². The highest BCUT2D eigenvalue weighted by Gasteiger charge is 2.30. The quantitative estimate of drug-likeness (QED) is 0.376. The summed E-state index contributed by atoms with van der Waals surface area (Å²) in [5.74, 6) is 1.58. The van der Waals surface area contributed by atoms with Crippen molar-refractivity contribution >= 4 is 38.3 Å². The van der Waals surface area contributed by atoms with Crippen LogP contribution >= 0.6 is 11.6 Å². The van der Waals surface area contributed by atoms with Gasteiger partial charge in [-0.2, -0.15) is 4.31 Å². The lowest BCUT2D eigenvalue weighted by Gasteiger charge is -2.26. The Labute approximate surface area is 216 Å². The van der Waals surface area contributed by atoms with Crippen LogP contribution in [0.3, 0.4) is 0 Å². The van der Waals surface area contributed by atoms with Crippen LogP contribution in [0.5, 0.6) is 0 Å². The van der Waals surface area contributed by atoms with Gasteiger partial charge in [0.25, 0.3) is 0 Å². The molecule has 4 aromatic rings. The topological polar surface area (TPSA) is 79.3 Å². The molecule has 3 heterocycles. The number of rotatable bonds is 5. The van der Waals surface area contributed by atoms with Crippen molar-refractivity contribution in [2.45, 2.75) is 31.6 Å². The van der Waals surface area contributed by atoms with Crippen molar-refractivity contribution in [1.82, 2.24) is 19.3 Å². The average Bonchev–Trinajstić information content (AvgIpc) is 3.13. The molecule has 0 radical (unpaired) electrons. The van der Waals surface area contributed by atoms with Crippen molar-refractivity contribution in [2.75, 3.05) is 31.1 Å². The zero-order valence-corrected chi connectivity index (χ0v) is 21.9. The molecule has 7 nitrogen and oxygen atoms in total. The van der Waals surface area contributed by atoms with Crippen molar-refractivity contribution in [3.8, 4) is 0 Å². The Morgan fingerprint density at radius 1 is 0.917 bits per heavy atom. The SMILES string of the molecule is Cc1nc(C)c(Cc2ccc(Cl)cc2)c(N2CCCN(S(=O)(=O)c3cccc4cccnc34)CC2)n1. The van der Waals surface area contributed by atoms with Gasteiger partial charge in [-0.15, -0.1) is 0 Å². The third-order valence-electron chi connectivity index (χ3n) is 6.57. The number of hydrogen-bond acceptors (Lipinski definition) is 6. The first-order valence-electron chi connectivity index (χ1n) is 12.0. The molecule has 186 valence electrons. The molecule has 0 aliphatic carbocycles. The highest BCUT2D eigenvalue weighted by atomic mass is 35.5. The first kappa shape index (κ1) is 24.6. The average molecular weight is 522 g/mol. The first-order chi connectivity index (χ1) is 17.3. The molecule has 1 aliphatic heterocycles. The summed E-state index contributed by atoms with van der Waals surface area (Å²) < 4.78 is 28.9. The Morgan fingerprint density at radius 3 is 2.50 bits per heavy atom. The van der Waals surface area contributed by atoms with Gasteiger partial charge in [-0.1, -0.05) is 41.9 Å². The number of pyridine rings is 1. The molecule has 36 heavy (non-hydrogen) atoms. The van der Waals surface area contributed by atoms with Gasteiger partial charge in [0, 0.05) is 60.5 Å². The molecule has 0 amide bonds. The predicted molar refractivity (Wildman–Crippen MR) is 143 cm³/mol. The van der Waals surface area contributed by atoms with E-state index in [9.17, 15) is 8.42 Å². The molecule has 1 aliphatic rings. The zero-order chi connectivity index (χ0) is 25.3. The normalized spacial score (nSPS) is 15.2. The van der Waals surface area contributed by atoms with E-state index in [2.05, 4.69) is 14.9 Å². The smallest absolute Gasteiger partial charge is 0.245 e. The van der Waals surface area contributed by atoms with Crippen LogP contribution in [0.15, 0.2) is 65.7 Å². The molecule has 2 aromatic carbocycles. The van der Waals surface area contributed by atoms with Gasteiger partial charge in [-0.05, 0) is 50.1 Å². The van der Waals surface area contributed by atoms with Crippen molar-refractivity contribution < 1.29 is 8.42 Å². The fourth-order valence-corrected chi connectivity index (χ4v) is 6.52. The minimum absolute atomic E-state index is 0.256. The molecule has 0 atom stereocenters. The zero-order valence-electron chi connectivity index (χ0n) is 20.4. The third kappa shape index (κ3) is 4.93. The second-order valence-corrected chi connectivity index (χ2v) is 11.4. The Kier molecular flexibility index (Phi) is 6.92. The Hall–Kier alpha value is -3.07. The van der Waals surface area contributed by atoms with Crippen molar-refractivity contribution in [3.05, 3.63) is 88.5 Å².